The Labute approximate surface area is 259 Å². The van der Waals surface area contributed by atoms with Crippen LogP contribution in [0.4, 0.5) is 11.6 Å². The zero-order chi connectivity index (χ0) is 30.8. The highest BCUT2D eigenvalue weighted by Crippen LogP contribution is 2.37. The molecule has 2 aliphatic rings. The summed E-state index contributed by atoms with van der Waals surface area (Å²) in [6, 6.07) is 7.07. The second kappa shape index (κ2) is 12.8. The molecule has 1 aromatic carbocycles. The fourth-order valence-electron chi connectivity index (χ4n) is 5.09. The van der Waals surface area contributed by atoms with E-state index in [1.807, 2.05) is 36.0 Å². The number of amides is 1. The SMILES string of the molecule is COn1c(=O)c(-c2cc(N3C(N4CCN(C)CC4)=CC(C(N)=O)=CC3Cl)ccc2Cl)cc2cnc(NCCN(C)C)nc21. The molecular weight excluding hydrogens is 593 g/mol. The lowest BCUT2D eigenvalue weighted by Gasteiger charge is -2.43. The lowest BCUT2D eigenvalue weighted by molar-refractivity contribution is -0.114. The number of anilines is 2. The number of nitrogens with zero attached hydrogens (tertiary/aromatic N) is 7. The van der Waals surface area contributed by atoms with Gasteiger partial charge in [-0.25, -0.2) is 4.98 Å². The molecule has 0 bridgehead atoms. The van der Waals surface area contributed by atoms with E-state index in [0.29, 0.717) is 50.9 Å². The number of halogens is 2. The number of piperazine rings is 1. The first kappa shape index (κ1) is 30.6. The van der Waals surface area contributed by atoms with Gasteiger partial charge in [0.15, 0.2) is 5.65 Å². The van der Waals surface area contributed by atoms with Gasteiger partial charge in [-0.3, -0.25) is 9.59 Å². The van der Waals surface area contributed by atoms with Crippen molar-refractivity contribution in [2.24, 2.45) is 5.73 Å². The van der Waals surface area contributed by atoms with E-state index in [4.69, 9.17) is 33.8 Å². The normalized spacial score (nSPS) is 17.7. The summed E-state index contributed by atoms with van der Waals surface area (Å²) in [6.45, 7) is 4.60. The zero-order valence-corrected chi connectivity index (χ0v) is 26.1. The summed E-state index contributed by atoms with van der Waals surface area (Å²) in [6.07, 6.45) is 5.02. The second-order valence-electron chi connectivity index (χ2n) is 10.7. The van der Waals surface area contributed by atoms with E-state index in [0.717, 1.165) is 43.3 Å². The molecule has 0 saturated carbocycles. The number of hydrogen-bond donors (Lipinski definition) is 2. The number of carbonyl (C=O) groups excluding carboxylic acids is 1. The van der Waals surface area contributed by atoms with Gasteiger partial charge < -0.3 is 35.5 Å². The third kappa shape index (κ3) is 6.42. The number of pyridine rings is 1. The summed E-state index contributed by atoms with van der Waals surface area (Å²) in [5, 5.41) is 4.13. The number of fused-ring (bicyclic) bond motifs is 1. The molecule has 0 aliphatic carbocycles. The van der Waals surface area contributed by atoms with E-state index >= 15 is 0 Å². The Hall–Kier alpha value is -3.84. The average Bonchev–Trinajstić information content (AvgIpc) is 2.97. The van der Waals surface area contributed by atoms with Gasteiger partial charge in [0.2, 0.25) is 11.9 Å². The molecule has 0 radical (unpaired) electrons. The van der Waals surface area contributed by atoms with Crippen molar-refractivity contribution >= 4 is 51.8 Å². The van der Waals surface area contributed by atoms with Crippen LogP contribution in [-0.2, 0) is 4.79 Å². The van der Waals surface area contributed by atoms with Gasteiger partial charge in [-0.15, -0.1) is 4.73 Å². The molecule has 1 saturated heterocycles. The number of primary amides is 1. The smallest absolute Gasteiger partial charge is 0.293 e. The topological polar surface area (TPSA) is 125 Å². The van der Waals surface area contributed by atoms with Crippen molar-refractivity contribution in [3.63, 3.8) is 0 Å². The number of hydrogen-bond acceptors (Lipinski definition) is 10. The van der Waals surface area contributed by atoms with Crippen molar-refractivity contribution in [2.75, 3.05) is 77.7 Å². The van der Waals surface area contributed by atoms with E-state index in [1.54, 1.807) is 30.5 Å². The van der Waals surface area contributed by atoms with Crippen molar-refractivity contribution < 1.29 is 9.63 Å². The van der Waals surface area contributed by atoms with Gasteiger partial charge >= 0.3 is 0 Å². The largest absolute Gasteiger partial charge is 0.412 e. The number of benzene rings is 1. The predicted molar refractivity (Wildman–Crippen MR) is 170 cm³/mol. The molecule has 1 amide bonds. The maximum atomic E-state index is 13.8. The van der Waals surface area contributed by atoms with Crippen LogP contribution < -0.4 is 26.3 Å². The maximum absolute atomic E-state index is 13.8. The number of carbonyl (C=O) groups is 1. The molecule has 228 valence electrons. The van der Waals surface area contributed by atoms with Crippen LogP contribution in [0.1, 0.15) is 0 Å². The van der Waals surface area contributed by atoms with Gasteiger partial charge in [0.1, 0.15) is 18.4 Å². The van der Waals surface area contributed by atoms with Gasteiger partial charge in [-0.1, -0.05) is 23.2 Å². The summed E-state index contributed by atoms with van der Waals surface area (Å²) in [5.41, 5.74) is 6.64. The Morgan fingerprint density at radius 3 is 2.60 bits per heavy atom. The van der Waals surface area contributed by atoms with Crippen molar-refractivity contribution in [3.05, 3.63) is 69.4 Å². The number of alkyl halides is 1. The molecule has 4 heterocycles. The van der Waals surface area contributed by atoms with E-state index in [9.17, 15) is 9.59 Å². The molecule has 1 fully saturated rings. The molecule has 12 nitrogen and oxygen atoms in total. The third-order valence-corrected chi connectivity index (χ3v) is 8.10. The number of nitrogens with one attached hydrogen (secondary N) is 1. The molecule has 3 aromatic rings. The summed E-state index contributed by atoms with van der Waals surface area (Å²) in [4.78, 5) is 48.7. The van der Waals surface area contributed by atoms with Gasteiger partial charge in [-0.2, -0.15) is 4.98 Å². The highest BCUT2D eigenvalue weighted by molar-refractivity contribution is 6.33. The second-order valence-corrected chi connectivity index (χ2v) is 11.6. The molecule has 1 atom stereocenters. The monoisotopic (exact) mass is 627 g/mol. The first-order valence-electron chi connectivity index (χ1n) is 13.8. The van der Waals surface area contributed by atoms with Gasteiger partial charge in [-0.05, 0) is 57.6 Å². The van der Waals surface area contributed by atoms with Crippen LogP contribution in [0.2, 0.25) is 5.02 Å². The summed E-state index contributed by atoms with van der Waals surface area (Å²) in [7, 11) is 7.43. The summed E-state index contributed by atoms with van der Waals surface area (Å²) in [5.74, 6) is 0.577. The van der Waals surface area contributed by atoms with E-state index in [-0.39, 0.29) is 0 Å². The number of aromatic nitrogens is 3. The minimum Gasteiger partial charge on any atom is -0.412 e. The Morgan fingerprint density at radius 2 is 1.93 bits per heavy atom. The number of nitrogens with two attached hydrogens (primary N) is 1. The van der Waals surface area contributed by atoms with E-state index in [1.165, 1.54) is 7.11 Å². The highest BCUT2D eigenvalue weighted by Gasteiger charge is 2.31. The molecular formula is C29H35Cl2N9O3. The minimum absolute atomic E-state index is 0.305. The van der Waals surface area contributed by atoms with Gasteiger partial charge in [0.25, 0.3) is 5.56 Å². The predicted octanol–water partition coefficient (Wildman–Crippen LogP) is 2.03. The number of likely N-dealkylation sites (N-methyl/N-ethyl adjacent to an activating group) is 2. The zero-order valence-electron chi connectivity index (χ0n) is 24.5. The molecule has 0 spiro atoms. The van der Waals surface area contributed by atoms with Crippen LogP contribution in [0.25, 0.3) is 22.2 Å². The molecule has 43 heavy (non-hydrogen) atoms. The van der Waals surface area contributed by atoms with Gasteiger partial charge in [0.05, 0.1) is 5.56 Å². The van der Waals surface area contributed by atoms with Crippen LogP contribution >= 0.6 is 23.2 Å². The Morgan fingerprint density at radius 1 is 1.19 bits per heavy atom. The first-order valence-corrected chi connectivity index (χ1v) is 14.6. The van der Waals surface area contributed by atoms with Crippen molar-refractivity contribution in [2.45, 2.75) is 5.50 Å². The lowest BCUT2D eigenvalue weighted by atomic mass is 10.0. The quantitative estimate of drug-likeness (QED) is 0.269. The third-order valence-electron chi connectivity index (χ3n) is 7.45. The van der Waals surface area contributed by atoms with Crippen LogP contribution in [0, 0.1) is 0 Å². The highest BCUT2D eigenvalue weighted by atomic mass is 35.5. The Balaban J connectivity index is 1.56. The molecule has 1 unspecified atom stereocenters. The molecule has 2 aliphatic heterocycles. The fraction of sp³-hybridized carbons (Fsp3) is 0.379. The van der Waals surface area contributed by atoms with Crippen LogP contribution in [-0.4, -0.2) is 108 Å². The van der Waals surface area contributed by atoms with Crippen LogP contribution in [0.5, 0.6) is 0 Å². The lowest BCUT2D eigenvalue weighted by Crippen LogP contribution is -2.49. The van der Waals surface area contributed by atoms with Crippen molar-refractivity contribution in [1.82, 2.24) is 29.4 Å². The van der Waals surface area contributed by atoms with Crippen molar-refractivity contribution in [3.8, 4) is 11.1 Å². The first-order chi connectivity index (χ1) is 20.6. The molecule has 2 aromatic heterocycles. The average molecular weight is 629 g/mol. The van der Waals surface area contributed by atoms with Crippen LogP contribution in [0.3, 0.4) is 0 Å². The van der Waals surface area contributed by atoms with Gasteiger partial charge in [0, 0.05) is 72.7 Å². The standard InChI is InChI=1S/C29H35Cl2N9O3/c1-36(2)8-7-33-29-34-17-19-13-22(28(42)40(43-4)27(19)35-29)21-16-20(5-6-23(21)30)39-24(31)14-18(26(32)41)15-25(39)38-11-9-37(3)10-12-38/h5-6,13-17,24H,7-12H2,1-4H3,(H2,32,41)(H,33,34,35). The minimum atomic E-state index is -0.713. The maximum Gasteiger partial charge on any atom is 0.293 e. The van der Waals surface area contributed by atoms with E-state index < -0.39 is 17.0 Å². The van der Waals surface area contributed by atoms with Crippen molar-refractivity contribution in [1.29, 1.82) is 0 Å². The Bertz CT molecular complexity index is 1650. The Kier molecular flexibility index (Phi) is 9.11. The van der Waals surface area contributed by atoms with Crippen LogP contribution in [0.15, 0.2) is 58.8 Å². The molecule has 14 heteroatoms. The summed E-state index contributed by atoms with van der Waals surface area (Å²) < 4.78 is 1.13. The van der Waals surface area contributed by atoms with E-state index in [2.05, 4.69) is 32.1 Å². The summed E-state index contributed by atoms with van der Waals surface area (Å²) >= 11 is 13.6. The molecule has 5 rings (SSSR count). The fourth-order valence-corrected chi connectivity index (χ4v) is 5.66. The molecule has 3 N–H and O–H groups in total. The number of rotatable bonds is 9.